The van der Waals surface area contributed by atoms with Crippen molar-refractivity contribution in [1.82, 2.24) is 19.5 Å². The Morgan fingerprint density at radius 1 is 1.17 bits per heavy atom. The molecule has 1 unspecified atom stereocenters. The summed E-state index contributed by atoms with van der Waals surface area (Å²) in [4.78, 5) is 48.0. The third-order valence-electron chi connectivity index (χ3n) is 3.59. The molecule has 2 aromatic rings. The summed E-state index contributed by atoms with van der Waals surface area (Å²) in [5.74, 6) is 0. The second-order valence-corrected chi connectivity index (χ2v) is 8.27. The number of aliphatic hydroxyl groups excluding tert-OH is 2. The largest absolute Gasteiger partial charge is 0.481 e. The summed E-state index contributed by atoms with van der Waals surface area (Å²) in [6.07, 6.45) is -3.56. The van der Waals surface area contributed by atoms with Gasteiger partial charge in [0.25, 0.3) is 5.56 Å². The van der Waals surface area contributed by atoms with Crippen molar-refractivity contribution < 1.29 is 47.6 Å². The predicted molar refractivity (Wildman–Crippen MR) is 94.5 cm³/mol. The van der Waals surface area contributed by atoms with Crippen molar-refractivity contribution in [2.75, 3.05) is 6.61 Å². The van der Waals surface area contributed by atoms with Crippen molar-refractivity contribution in [3.8, 4) is 0 Å². The van der Waals surface area contributed by atoms with Crippen LogP contribution in [0.2, 0.25) is 0 Å². The number of aromatic amines is 1. The van der Waals surface area contributed by atoms with E-state index in [0.717, 1.165) is 12.7 Å². The number of hydrogen-bond acceptors (Lipinski definition) is 10. The minimum atomic E-state index is -5.30. The number of rotatable bonds is 6. The average Bonchev–Trinajstić information content (AvgIpc) is 3.07. The van der Waals surface area contributed by atoms with Crippen molar-refractivity contribution in [2.24, 2.45) is 0 Å². The van der Waals surface area contributed by atoms with Crippen molar-refractivity contribution >= 4 is 85.9 Å². The Balaban J connectivity index is 0.00000210. The Morgan fingerprint density at radius 3 is 2.45 bits per heavy atom. The molecule has 0 saturated carbocycles. The summed E-state index contributed by atoms with van der Waals surface area (Å²) < 4.78 is 36.6. The SMILES string of the molecule is O=c1[nH]cnc2c1ncn2[C@@H]1O[C@H](COP(=O)(O)OP(=O)(O)O)[C@@H](O)[C@H]1O.[Na].[Na]. The number of H-pyrrole nitrogens is 1. The molecule has 15 nitrogen and oxygen atoms in total. The Kier molecular flexibility index (Phi) is 9.87. The summed E-state index contributed by atoms with van der Waals surface area (Å²) in [6.45, 7) is -0.844. The Hall–Kier alpha value is 0.490. The van der Waals surface area contributed by atoms with E-state index in [0.29, 0.717) is 0 Å². The van der Waals surface area contributed by atoms with Gasteiger partial charge in [-0.25, -0.2) is 19.1 Å². The number of phosphoric ester groups is 1. The maximum atomic E-state index is 11.7. The standard InChI is InChI=1S/C10H14N4O11P2.2Na/c15-6-4(1-23-27(21,22)25-26(18,19)20)24-10(7(6)16)14-3-13-5-8(14)11-2-12-9(5)17;;/h2-4,6-7,10,15-16H,1H2,(H,21,22)(H,11,12,17)(H2,18,19,20);;/t4-,6-,7-,10-;;/m1../s1. The Labute approximate surface area is 205 Å². The molecule has 152 valence electrons. The number of aliphatic hydroxyl groups is 2. The van der Waals surface area contributed by atoms with Crippen molar-refractivity contribution in [3.63, 3.8) is 0 Å². The second kappa shape index (κ2) is 10.4. The third-order valence-corrected chi connectivity index (χ3v) is 5.74. The van der Waals surface area contributed by atoms with Crippen molar-refractivity contribution in [1.29, 1.82) is 0 Å². The monoisotopic (exact) mass is 474 g/mol. The van der Waals surface area contributed by atoms with E-state index in [9.17, 15) is 29.0 Å². The average molecular weight is 474 g/mol. The van der Waals surface area contributed by atoms with Gasteiger partial charge in [-0.3, -0.25) is 13.9 Å². The van der Waals surface area contributed by atoms with E-state index >= 15 is 0 Å². The fourth-order valence-corrected chi connectivity index (χ4v) is 4.07. The quantitative estimate of drug-likeness (QED) is 0.184. The fraction of sp³-hybridized carbons (Fsp3) is 0.500. The zero-order valence-corrected chi connectivity index (χ0v) is 20.9. The van der Waals surface area contributed by atoms with Gasteiger partial charge in [-0.1, -0.05) is 0 Å². The number of nitrogens with zero attached hydrogens (tertiary/aromatic N) is 3. The molecule has 19 heteroatoms. The summed E-state index contributed by atoms with van der Waals surface area (Å²) >= 11 is 0. The van der Waals surface area contributed by atoms with E-state index in [1.54, 1.807) is 0 Å². The van der Waals surface area contributed by atoms with Crippen LogP contribution in [-0.4, -0.2) is 128 Å². The maximum Gasteiger partial charge on any atom is 0.481 e. The van der Waals surface area contributed by atoms with Crippen LogP contribution in [0.15, 0.2) is 17.4 Å². The fourth-order valence-electron chi connectivity index (χ4n) is 2.47. The van der Waals surface area contributed by atoms with E-state index in [-0.39, 0.29) is 70.3 Å². The molecule has 1 saturated heterocycles. The van der Waals surface area contributed by atoms with E-state index in [1.807, 2.05) is 0 Å². The van der Waals surface area contributed by atoms with Crippen LogP contribution in [0.1, 0.15) is 6.23 Å². The van der Waals surface area contributed by atoms with Gasteiger partial charge < -0.3 is 34.6 Å². The van der Waals surface area contributed by atoms with Crippen LogP contribution in [0, 0.1) is 0 Å². The van der Waals surface area contributed by atoms with Gasteiger partial charge >= 0.3 is 15.6 Å². The zero-order chi connectivity index (χ0) is 20.0. The predicted octanol–water partition coefficient (Wildman–Crippen LogP) is -2.80. The number of aromatic nitrogens is 4. The first-order valence-electron chi connectivity index (χ1n) is 7.14. The normalized spacial score (nSPS) is 26.5. The maximum absolute atomic E-state index is 11.7. The van der Waals surface area contributed by atoms with Gasteiger partial charge in [0.05, 0.1) is 19.3 Å². The molecule has 0 bridgehead atoms. The molecule has 29 heavy (non-hydrogen) atoms. The van der Waals surface area contributed by atoms with Crippen LogP contribution in [0.3, 0.4) is 0 Å². The minimum Gasteiger partial charge on any atom is -0.387 e. The van der Waals surface area contributed by atoms with Gasteiger partial charge in [0.2, 0.25) is 0 Å². The van der Waals surface area contributed by atoms with Crippen LogP contribution in [-0.2, 0) is 22.7 Å². The summed E-state index contributed by atoms with van der Waals surface area (Å²) in [5, 5.41) is 20.2. The zero-order valence-electron chi connectivity index (χ0n) is 15.1. The second-order valence-electron chi connectivity index (χ2n) is 5.44. The van der Waals surface area contributed by atoms with Crippen LogP contribution in [0.5, 0.6) is 0 Å². The van der Waals surface area contributed by atoms with Gasteiger partial charge in [-0.2, -0.15) is 4.31 Å². The first kappa shape index (κ1) is 27.5. The smallest absolute Gasteiger partial charge is 0.387 e. The van der Waals surface area contributed by atoms with Crippen LogP contribution >= 0.6 is 15.6 Å². The molecule has 0 amide bonds. The number of fused-ring (bicyclic) bond motifs is 1. The third kappa shape index (κ3) is 6.49. The Bertz CT molecular complexity index is 995. The minimum absolute atomic E-state index is 0. The van der Waals surface area contributed by atoms with Crippen LogP contribution in [0.4, 0.5) is 0 Å². The number of nitrogens with one attached hydrogen (secondary N) is 1. The molecule has 3 heterocycles. The summed E-state index contributed by atoms with van der Waals surface area (Å²) in [5.41, 5.74) is -0.533. The molecule has 0 spiro atoms. The van der Waals surface area contributed by atoms with Gasteiger partial charge in [0.1, 0.15) is 18.3 Å². The van der Waals surface area contributed by atoms with Crippen molar-refractivity contribution in [2.45, 2.75) is 24.5 Å². The molecule has 0 aromatic carbocycles. The molecule has 3 rings (SSSR count). The molecular formula is C10H14N4Na2O11P2. The molecule has 6 N–H and O–H groups in total. The van der Waals surface area contributed by atoms with Gasteiger partial charge in [0, 0.05) is 59.1 Å². The topological polar surface area (TPSA) is 227 Å². The van der Waals surface area contributed by atoms with E-state index in [1.165, 1.54) is 4.57 Å². The first-order chi connectivity index (χ1) is 12.5. The number of hydrogen-bond donors (Lipinski definition) is 6. The van der Waals surface area contributed by atoms with Gasteiger partial charge in [0.15, 0.2) is 17.4 Å². The van der Waals surface area contributed by atoms with Crippen LogP contribution in [0.25, 0.3) is 11.2 Å². The summed E-state index contributed by atoms with van der Waals surface area (Å²) in [6, 6.07) is 0. The molecule has 5 atom stereocenters. The van der Waals surface area contributed by atoms with Gasteiger partial charge in [-0.05, 0) is 0 Å². The van der Waals surface area contributed by atoms with E-state index in [4.69, 9.17) is 14.5 Å². The summed E-state index contributed by atoms with van der Waals surface area (Å²) in [7, 11) is -10.5. The van der Waals surface area contributed by atoms with Crippen molar-refractivity contribution in [3.05, 3.63) is 23.0 Å². The molecular weight excluding hydrogens is 460 g/mol. The number of phosphoric acid groups is 2. The molecule has 1 aliphatic heterocycles. The van der Waals surface area contributed by atoms with E-state index < -0.39 is 52.4 Å². The Morgan fingerprint density at radius 2 is 1.83 bits per heavy atom. The van der Waals surface area contributed by atoms with E-state index in [2.05, 4.69) is 23.8 Å². The molecule has 1 fully saturated rings. The molecule has 2 aromatic heterocycles. The first-order valence-corrected chi connectivity index (χ1v) is 10.2. The van der Waals surface area contributed by atoms with Gasteiger partial charge in [-0.15, -0.1) is 0 Å². The number of ether oxygens (including phenoxy) is 1. The number of imidazole rings is 1. The molecule has 2 radical (unpaired) electrons. The van der Waals surface area contributed by atoms with Crippen LogP contribution < -0.4 is 5.56 Å². The molecule has 0 aliphatic carbocycles. The molecule has 1 aliphatic rings.